The number of carbonyl (C=O) groups is 2. The highest BCUT2D eigenvalue weighted by atomic mass is 19.1. The number of benzene rings is 1. The minimum atomic E-state index is -0.729. The number of carbonyl (C=O) groups excluding carboxylic acids is 2. The van der Waals surface area contributed by atoms with Crippen LogP contribution in [0, 0.1) is 12.7 Å². The zero-order valence-electron chi connectivity index (χ0n) is 13.1. The molecule has 2 heterocycles. The molecule has 1 atom stereocenters. The molecule has 1 fully saturated rings. The van der Waals surface area contributed by atoms with Gasteiger partial charge >= 0.3 is 0 Å². The number of hydrogen-bond donors (Lipinski definition) is 1. The van der Waals surface area contributed by atoms with Gasteiger partial charge in [0.2, 0.25) is 11.8 Å². The molecule has 0 spiro atoms. The maximum absolute atomic E-state index is 13.5. The Kier molecular flexibility index (Phi) is 4.50. The van der Waals surface area contributed by atoms with E-state index in [9.17, 15) is 14.0 Å². The lowest BCUT2D eigenvalue weighted by Crippen LogP contribution is -2.52. The van der Waals surface area contributed by atoms with Crippen molar-refractivity contribution in [2.75, 3.05) is 19.6 Å². The molecular formula is C15H17FN6O2. The Bertz CT molecular complexity index is 762. The summed E-state index contributed by atoms with van der Waals surface area (Å²) in [5, 5.41) is 14.0. The first-order valence-corrected chi connectivity index (χ1v) is 7.59. The molecule has 9 heteroatoms. The Hall–Kier alpha value is -2.84. The molecule has 0 aliphatic carbocycles. The van der Waals surface area contributed by atoms with E-state index in [0.29, 0.717) is 24.5 Å². The smallest absolute Gasteiger partial charge is 0.248 e. The van der Waals surface area contributed by atoms with Crippen LogP contribution in [0.1, 0.15) is 17.4 Å². The first kappa shape index (κ1) is 16.0. The minimum absolute atomic E-state index is 0.000340. The van der Waals surface area contributed by atoms with Gasteiger partial charge in [0.1, 0.15) is 17.7 Å². The van der Waals surface area contributed by atoms with E-state index >= 15 is 0 Å². The van der Waals surface area contributed by atoms with Crippen molar-refractivity contribution in [1.82, 2.24) is 30.4 Å². The van der Waals surface area contributed by atoms with Crippen molar-refractivity contribution in [1.29, 1.82) is 0 Å². The standard InChI is InChI=1S/C15H17FN6O2/c1-10-18-19-20-22(10)13(8-11-3-2-4-12(16)7-11)15(24)21-6-5-17-14(23)9-21/h2-4,7,13H,5-6,8-9H2,1H3,(H,17,23). The van der Waals surface area contributed by atoms with E-state index in [0.717, 1.165) is 0 Å². The summed E-state index contributed by atoms with van der Waals surface area (Å²) in [4.78, 5) is 26.0. The average molecular weight is 332 g/mol. The summed E-state index contributed by atoms with van der Waals surface area (Å²) in [6.07, 6.45) is 0.237. The van der Waals surface area contributed by atoms with Gasteiger partial charge in [0.25, 0.3) is 0 Å². The molecular weight excluding hydrogens is 315 g/mol. The summed E-state index contributed by atoms with van der Waals surface area (Å²) >= 11 is 0. The summed E-state index contributed by atoms with van der Waals surface area (Å²) in [5.41, 5.74) is 0.657. The van der Waals surface area contributed by atoms with Gasteiger partial charge in [0, 0.05) is 19.5 Å². The molecule has 2 aromatic rings. The van der Waals surface area contributed by atoms with E-state index in [4.69, 9.17) is 0 Å². The number of aromatic nitrogens is 4. The predicted molar refractivity (Wildman–Crippen MR) is 81.3 cm³/mol. The Balaban J connectivity index is 1.88. The molecule has 1 aliphatic heterocycles. The molecule has 8 nitrogen and oxygen atoms in total. The van der Waals surface area contributed by atoms with E-state index in [1.54, 1.807) is 19.1 Å². The van der Waals surface area contributed by atoms with E-state index in [1.165, 1.54) is 21.7 Å². The maximum Gasteiger partial charge on any atom is 0.248 e. The first-order valence-electron chi connectivity index (χ1n) is 7.59. The lowest BCUT2D eigenvalue weighted by atomic mass is 10.0. The number of hydrogen-bond acceptors (Lipinski definition) is 5. The van der Waals surface area contributed by atoms with E-state index < -0.39 is 6.04 Å². The molecule has 1 N–H and O–H groups in total. The number of amides is 2. The lowest BCUT2D eigenvalue weighted by Gasteiger charge is -2.30. The van der Waals surface area contributed by atoms with Gasteiger partial charge < -0.3 is 10.2 Å². The molecule has 0 saturated carbocycles. The van der Waals surface area contributed by atoms with Crippen LogP contribution in [0.5, 0.6) is 0 Å². The van der Waals surface area contributed by atoms with Crippen LogP contribution in [0.25, 0.3) is 0 Å². The fourth-order valence-corrected chi connectivity index (χ4v) is 2.73. The fraction of sp³-hybridized carbons (Fsp3) is 0.400. The number of nitrogens with one attached hydrogen (secondary N) is 1. The normalized spacial score (nSPS) is 15.9. The van der Waals surface area contributed by atoms with Crippen LogP contribution in [-0.4, -0.2) is 56.6 Å². The second-order valence-corrected chi connectivity index (χ2v) is 5.63. The summed E-state index contributed by atoms with van der Waals surface area (Å²) in [6.45, 7) is 2.52. The first-order chi connectivity index (χ1) is 11.5. The van der Waals surface area contributed by atoms with Crippen LogP contribution in [-0.2, 0) is 16.0 Å². The molecule has 0 radical (unpaired) electrons. The van der Waals surface area contributed by atoms with Gasteiger partial charge in [-0.15, -0.1) is 5.10 Å². The summed E-state index contributed by atoms with van der Waals surface area (Å²) in [7, 11) is 0. The Labute approximate surface area is 137 Å². The summed E-state index contributed by atoms with van der Waals surface area (Å²) in [5.74, 6) is -0.354. The van der Waals surface area contributed by atoms with Gasteiger partial charge in [0.15, 0.2) is 0 Å². The van der Waals surface area contributed by atoms with Crippen molar-refractivity contribution in [3.8, 4) is 0 Å². The van der Waals surface area contributed by atoms with Gasteiger partial charge in [-0.05, 0) is 35.0 Å². The van der Waals surface area contributed by atoms with Crippen LogP contribution in [0.3, 0.4) is 0 Å². The van der Waals surface area contributed by atoms with Gasteiger partial charge in [-0.3, -0.25) is 9.59 Å². The third kappa shape index (κ3) is 3.39. The van der Waals surface area contributed by atoms with Crippen molar-refractivity contribution in [2.24, 2.45) is 0 Å². The number of aryl methyl sites for hydroxylation is 1. The SMILES string of the molecule is Cc1nnnn1C(Cc1cccc(F)c1)C(=O)N1CCNC(=O)C1. The fourth-order valence-electron chi connectivity index (χ4n) is 2.73. The largest absolute Gasteiger partial charge is 0.353 e. The van der Waals surface area contributed by atoms with Crippen molar-refractivity contribution < 1.29 is 14.0 Å². The van der Waals surface area contributed by atoms with Crippen LogP contribution >= 0.6 is 0 Å². The summed E-state index contributed by atoms with van der Waals surface area (Å²) in [6, 6.07) is 5.33. The third-order valence-corrected chi connectivity index (χ3v) is 3.91. The van der Waals surface area contributed by atoms with Crippen molar-refractivity contribution in [2.45, 2.75) is 19.4 Å². The number of rotatable bonds is 4. The highest BCUT2D eigenvalue weighted by molar-refractivity contribution is 5.87. The van der Waals surface area contributed by atoms with Crippen molar-refractivity contribution >= 4 is 11.8 Å². The molecule has 1 aromatic carbocycles. The van der Waals surface area contributed by atoms with Gasteiger partial charge in [-0.25, -0.2) is 9.07 Å². The molecule has 126 valence electrons. The van der Waals surface area contributed by atoms with Crippen LogP contribution in [0.15, 0.2) is 24.3 Å². The number of halogens is 1. The van der Waals surface area contributed by atoms with Crippen molar-refractivity contribution in [3.63, 3.8) is 0 Å². The van der Waals surface area contributed by atoms with E-state index in [2.05, 4.69) is 20.8 Å². The molecule has 24 heavy (non-hydrogen) atoms. The van der Waals surface area contributed by atoms with Crippen LogP contribution in [0.4, 0.5) is 4.39 Å². The van der Waals surface area contributed by atoms with Gasteiger partial charge in [-0.2, -0.15) is 0 Å². The van der Waals surface area contributed by atoms with E-state index in [1.807, 2.05) is 0 Å². The lowest BCUT2D eigenvalue weighted by molar-refractivity contribution is -0.141. The number of tetrazole rings is 1. The zero-order valence-corrected chi connectivity index (χ0v) is 13.1. The molecule has 1 saturated heterocycles. The molecule has 3 rings (SSSR count). The molecule has 2 amide bonds. The molecule has 1 aliphatic rings. The Morgan fingerprint density at radius 2 is 2.29 bits per heavy atom. The quantitative estimate of drug-likeness (QED) is 0.841. The van der Waals surface area contributed by atoms with Gasteiger partial charge in [-0.1, -0.05) is 12.1 Å². The zero-order chi connectivity index (χ0) is 17.1. The molecule has 1 unspecified atom stereocenters. The van der Waals surface area contributed by atoms with Crippen LogP contribution in [0.2, 0.25) is 0 Å². The van der Waals surface area contributed by atoms with Crippen molar-refractivity contribution in [3.05, 3.63) is 41.5 Å². The van der Waals surface area contributed by atoms with Crippen LogP contribution < -0.4 is 5.32 Å². The highest BCUT2D eigenvalue weighted by Crippen LogP contribution is 2.19. The predicted octanol–water partition coefficient (Wildman–Crippen LogP) is -0.137. The average Bonchev–Trinajstić information content (AvgIpc) is 2.98. The third-order valence-electron chi connectivity index (χ3n) is 3.91. The topological polar surface area (TPSA) is 93.0 Å². The molecule has 0 bridgehead atoms. The summed E-state index contributed by atoms with van der Waals surface area (Å²) < 4.78 is 14.9. The number of piperazine rings is 1. The van der Waals surface area contributed by atoms with E-state index in [-0.39, 0.29) is 30.6 Å². The second-order valence-electron chi connectivity index (χ2n) is 5.63. The highest BCUT2D eigenvalue weighted by Gasteiger charge is 2.31. The Morgan fingerprint density at radius 1 is 1.46 bits per heavy atom. The minimum Gasteiger partial charge on any atom is -0.353 e. The maximum atomic E-state index is 13.5. The Morgan fingerprint density at radius 3 is 2.96 bits per heavy atom. The second kappa shape index (κ2) is 6.73. The molecule has 1 aromatic heterocycles. The van der Waals surface area contributed by atoms with Gasteiger partial charge in [0.05, 0.1) is 6.54 Å². The number of nitrogens with zero attached hydrogens (tertiary/aromatic N) is 5. The monoisotopic (exact) mass is 332 g/mol.